The molecule has 2 amide bonds. The minimum absolute atomic E-state index is 0.0340. The summed E-state index contributed by atoms with van der Waals surface area (Å²) in [6.45, 7) is 5.12. The van der Waals surface area contributed by atoms with Crippen LogP contribution in [0.2, 0.25) is 0 Å². The molecule has 0 N–H and O–H groups in total. The SMILES string of the molecule is COc1ccc(C(=O)N2CCN(CC3CN(C(=O)c4cc(OC)cc(OC)c4)CCO3)CC2)cc1. The zero-order valence-corrected chi connectivity index (χ0v) is 20.6. The summed E-state index contributed by atoms with van der Waals surface area (Å²) in [5.41, 5.74) is 1.20. The Balaban J connectivity index is 1.29. The summed E-state index contributed by atoms with van der Waals surface area (Å²) in [5.74, 6) is 1.87. The maximum absolute atomic E-state index is 13.2. The molecule has 0 radical (unpaired) electrons. The van der Waals surface area contributed by atoms with Crippen LogP contribution in [0.5, 0.6) is 17.2 Å². The van der Waals surface area contributed by atoms with Gasteiger partial charge in [-0.05, 0) is 36.4 Å². The Labute approximate surface area is 206 Å². The lowest BCUT2D eigenvalue weighted by atomic mass is 10.1. The Morgan fingerprint density at radius 3 is 1.97 bits per heavy atom. The van der Waals surface area contributed by atoms with E-state index in [0.717, 1.165) is 25.4 Å². The highest BCUT2D eigenvalue weighted by atomic mass is 16.5. The van der Waals surface area contributed by atoms with Gasteiger partial charge in [-0.1, -0.05) is 0 Å². The van der Waals surface area contributed by atoms with Crippen LogP contribution in [0.1, 0.15) is 20.7 Å². The largest absolute Gasteiger partial charge is 0.497 e. The topological polar surface area (TPSA) is 80.8 Å². The normalized spacial score (nSPS) is 18.8. The van der Waals surface area contributed by atoms with Crippen molar-refractivity contribution in [3.05, 3.63) is 53.6 Å². The predicted octanol–water partition coefficient (Wildman–Crippen LogP) is 2.01. The first kappa shape index (κ1) is 24.8. The van der Waals surface area contributed by atoms with Crippen LogP contribution in [0, 0.1) is 0 Å². The van der Waals surface area contributed by atoms with Gasteiger partial charge in [-0.2, -0.15) is 0 Å². The Kier molecular flexibility index (Phi) is 8.09. The predicted molar refractivity (Wildman–Crippen MR) is 131 cm³/mol. The molecule has 2 fully saturated rings. The fourth-order valence-electron chi connectivity index (χ4n) is 4.47. The van der Waals surface area contributed by atoms with Gasteiger partial charge in [-0.25, -0.2) is 0 Å². The van der Waals surface area contributed by atoms with Crippen molar-refractivity contribution in [2.45, 2.75) is 6.10 Å². The number of benzene rings is 2. The number of methoxy groups -OCH3 is 3. The number of ether oxygens (including phenoxy) is 4. The van der Waals surface area contributed by atoms with Crippen LogP contribution in [-0.2, 0) is 4.74 Å². The van der Waals surface area contributed by atoms with E-state index >= 15 is 0 Å². The molecule has 0 aliphatic carbocycles. The third kappa shape index (κ3) is 6.04. The maximum atomic E-state index is 13.2. The number of amides is 2. The lowest BCUT2D eigenvalue weighted by Crippen LogP contribution is -2.54. The fourth-order valence-corrected chi connectivity index (χ4v) is 4.47. The Hall–Kier alpha value is -3.30. The zero-order chi connectivity index (χ0) is 24.8. The lowest BCUT2D eigenvalue weighted by molar-refractivity contribution is -0.0400. The molecule has 0 aromatic heterocycles. The van der Waals surface area contributed by atoms with Crippen molar-refractivity contribution in [2.75, 3.05) is 73.7 Å². The van der Waals surface area contributed by atoms with Crippen molar-refractivity contribution in [3.8, 4) is 17.2 Å². The first-order valence-corrected chi connectivity index (χ1v) is 11.8. The van der Waals surface area contributed by atoms with Crippen LogP contribution in [0.15, 0.2) is 42.5 Å². The van der Waals surface area contributed by atoms with E-state index in [0.29, 0.717) is 55.4 Å². The van der Waals surface area contributed by atoms with Crippen molar-refractivity contribution >= 4 is 11.8 Å². The van der Waals surface area contributed by atoms with Crippen LogP contribution >= 0.6 is 0 Å². The first-order chi connectivity index (χ1) is 17.0. The highest BCUT2D eigenvalue weighted by molar-refractivity contribution is 5.95. The number of carbonyl (C=O) groups is 2. The van der Waals surface area contributed by atoms with E-state index in [1.54, 1.807) is 63.8 Å². The van der Waals surface area contributed by atoms with Gasteiger partial charge >= 0.3 is 0 Å². The summed E-state index contributed by atoms with van der Waals surface area (Å²) >= 11 is 0. The second kappa shape index (κ2) is 11.4. The number of hydrogen-bond donors (Lipinski definition) is 0. The quantitative estimate of drug-likeness (QED) is 0.596. The van der Waals surface area contributed by atoms with Crippen LogP contribution in [0.25, 0.3) is 0 Å². The van der Waals surface area contributed by atoms with Crippen LogP contribution < -0.4 is 14.2 Å². The number of nitrogens with zero attached hydrogens (tertiary/aromatic N) is 3. The Morgan fingerprint density at radius 1 is 0.771 bits per heavy atom. The summed E-state index contributed by atoms with van der Waals surface area (Å²) in [5, 5.41) is 0. The molecule has 0 bridgehead atoms. The van der Waals surface area contributed by atoms with E-state index in [1.165, 1.54) is 0 Å². The van der Waals surface area contributed by atoms with Gasteiger partial charge in [0.15, 0.2) is 0 Å². The molecule has 1 atom stereocenters. The van der Waals surface area contributed by atoms with Crippen molar-refractivity contribution in [2.24, 2.45) is 0 Å². The van der Waals surface area contributed by atoms with Crippen molar-refractivity contribution in [1.29, 1.82) is 0 Å². The molecule has 188 valence electrons. The zero-order valence-electron chi connectivity index (χ0n) is 20.6. The third-order valence-corrected chi connectivity index (χ3v) is 6.48. The molecule has 35 heavy (non-hydrogen) atoms. The second-order valence-corrected chi connectivity index (χ2v) is 8.67. The molecular weight excluding hydrogens is 450 g/mol. The van der Waals surface area contributed by atoms with E-state index in [1.807, 2.05) is 9.80 Å². The van der Waals surface area contributed by atoms with Crippen molar-refractivity contribution < 1.29 is 28.5 Å². The lowest BCUT2D eigenvalue weighted by Gasteiger charge is -2.39. The van der Waals surface area contributed by atoms with Gasteiger partial charge in [0.25, 0.3) is 11.8 Å². The number of rotatable bonds is 7. The average molecular weight is 484 g/mol. The molecular formula is C26H33N3O6. The number of morpholine rings is 1. The molecule has 1 unspecified atom stereocenters. The Bertz CT molecular complexity index is 998. The van der Waals surface area contributed by atoms with Crippen LogP contribution in [0.3, 0.4) is 0 Å². The minimum atomic E-state index is -0.0796. The summed E-state index contributed by atoms with van der Waals surface area (Å²) in [6, 6.07) is 12.4. The standard InChI is InChI=1S/C26H33N3O6/c1-32-21-6-4-19(5-7-21)25(30)28-10-8-27(9-11-28)17-24-18-29(12-13-35-24)26(31)20-14-22(33-2)16-23(15-20)34-3/h4-7,14-16,24H,8-13,17-18H2,1-3H3. The summed E-state index contributed by atoms with van der Waals surface area (Å²) in [7, 11) is 4.74. The number of hydrogen-bond acceptors (Lipinski definition) is 7. The molecule has 9 nitrogen and oxygen atoms in total. The van der Waals surface area contributed by atoms with Gasteiger partial charge in [-0.3, -0.25) is 14.5 Å². The molecule has 2 saturated heterocycles. The monoisotopic (exact) mass is 483 g/mol. The van der Waals surface area contributed by atoms with E-state index in [9.17, 15) is 9.59 Å². The molecule has 0 spiro atoms. The van der Waals surface area contributed by atoms with E-state index in [2.05, 4.69) is 4.90 Å². The Morgan fingerprint density at radius 2 is 1.37 bits per heavy atom. The molecule has 2 aromatic rings. The molecule has 9 heteroatoms. The third-order valence-electron chi connectivity index (χ3n) is 6.48. The molecule has 2 aliphatic rings. The molecule has 2 aliphatic heterocycles. The molecule has 2 aromatic carbocycles. The number of carbonyl (C=O) groups excluding carboxylic acids is 2. The number of piperazine rings is 1. The molecule has 2 heterocycles. The van der Waals surface area contributed by atoms with Gasteiger partial charge < -0.3 is 28.7 Å². The van der Waals surface area contributed by atoms with Gasteiger partial charge in [0.2, 0.25) is 0 Å². The summed E-state index contributed by atoms with van der Waals surface area (Å²) < 4.78 is 21.8. The van der Waals surface area contributed by atoms with Gasteiger partial charge in [0.1, 0.15) is 17.2 Å². The molecule has 0 saturated carbocycles. The van der Waals surface area contributed by atoms with E-state index < -0.39 is 0 Å². The van der Waals surface area contributed by atoms with Gasteiger partial charge in [0.05, 0.1) is 34.0 Å². The van der Waals surface area contributed by atoms with Gasteiger partial charge in [0, 0.05) is 63.0 Å². The van der Waals surface area contributed by atoms with Crippen LogP contribution in [-0.4, -0.2) is 106 Å². The highest BCUT2D eigenvalue weighted by Gasteiger charge is 2.29. The smallest absolute Gasteiger partial charge is 0.254 e. The minimum Gasteiger partial charge on any atom is -0.497 e. The van der Waals surface area contributed by atoms with Gasteiger partial charge in [-0.15, -0.1) is 0 Å². The first-order valence-electron chi connectivity index (χ1n) is 11.8. The van der Waals surface area contributed by atoms with Crippen molar-refractivity contribution in [3.63, 3.8) is 0 Å². The van der Waals surface area contributed by atoms with E-state index in [4.69, 9.17) is 18.9 Å². The summed E-state index contributed by atoms with van der Waals surface area (Å²) in [6.07, 6.45) is -0.0796. The maximum Gasteiger partial charge on any atom is 0.254 e. The second-order valence-electron chi connectivity index (χ2n) is 8.67. The highest BCUT2D eigenvalue weighted by Crippen LogP contribution is 2.24. The summed E-state index contributed by atoms with van der Waals surface area (Å²) in [4.78, 5) is 32.0. The fraction of sp³-hybridized carbons (Fsp3) is 0.462. The average Bonchev–Trinajstić information content (AvgIpc) is 2.92. The van der Waals surface area contributed by atoms with Crippen molar-refractivity contribution in [1.82, 2.24) is 14.7 Å². The van der Waals surface area contributed by atoms with E-state index in [-0.39, 0.29) is 17.9 Å². The molecule has 4 rings (SSSR count). The van der Waals surface area contributed by atoms with Crippen LogP contribution in [0.4, 0.5) is 0 Å².